The minimum absolute atomic E-state index is 0.678. The molecule has 1 aromatic rings. The summed E-state index contributed by atoms with van der Waals surface area (Å²) in [5.41, 5.74) is 0. The maximum absolute atomic E-state index is 4.13. The molecule has 1 aliphatic heterocycles. The van der Waals surface area contributed by atoms with E-state index >= 15 is 0 Å². The highest BCUT2D eigenvalue weighted by molar-refractivity contribution is 5.38. The Bertz CT molecular complexity index is 290. The van der Waals surface area contributed by atoms with Crippen LogP contribution in [-0.2, 0) is 6.54 Å². The van der Waals surface area contributed by atoms with Crippen LogP contribution in [-0.4, -0.2) is 28.1 Å². The molecule has 4 heteroatoms. The van der Waals surface area contributed by atoms with Crippen LogP contribution in [0.3, 0.4) is 0 Å². The summed E-state index contributed by atoms with van der Waals surface area (Å²) in [6.07, 6.45) is 4.37. The van der Waals surface area contributed by atoms with Crippen LogP contribution in [0, 0.1) is 5.92 Å². The molecule has 2 rings (SSSR count). The second-order valence-corrected chi connectivity index (χ2v) is 4.13. The Labute approximate surface area is 84.9 Å². The Morgan fingerprint density at radius 1 is 1.50 bits per heavy atom. The van der Waals surface area contributed by atoms with Crippen LogP contribution in [0.2, 0.25) is 0 Å². The van der Waals surface area contributed by atoms with Gasteiger partial charge in [-0.25, -0.2) is 4.68 Å². The minimum Gasteiger partial charge on any atom is -0.355 e. The molecule has 0 saturated carbocycles. The van der Waals surface area contributed by atoms with E-state index in [4.69, 9.17) is 0 Å². The molecule has 0 aliphatic carbocycles. The summed E-state index contributed by atoms with van der Waals surface area (Å²) < 4.78 is 2.04. The Morgan fingerprint density at radius 2 is 2.29 bits per heavy atom. The topological polar surface area (TPSA) is 34.0 Å². The lowest BCUT2D eigenvalue weighted by molar-refractivity contribution is 0.424. The first kappa shape index (κ1) is 9.49. The van der Waals surface area contributed by atoms with Crippen molar-refractivity contribution in [2.45, 2.75) is 33.2 Å². The van der Waals surface area contributed by atoms with Crippen molar-refractivity contribution in [3.8, 4) is 0 Å². The standard InChI is InChI=1S/C10H18N4/c1-3-9(2)8-14-10(7-11-12-14)13-5-4-6-13/h7,9H,3-6,8H2,1-2H3. The van der Waals surface area contributed by atoms with E-state index in [0.717, 1.165) is 19.6 Å². The van der Waals surface area contributed by atoms with E-state index in [1.165, 1.54) is 18.7 Å². The van der Waals surface area contributed by atoms with Crippen molar-refractivity contribution in [1.29, 1.82) is 0 Å². The van der Waals surface area contributed by atoms with Gasteiger partial charge in [0.15, 0.2) is 0 Å². The van der Waals surface area contributed by atoms with Crippen LogP contribution < -0.4 is 4.90 Å². The maximum Gasteiger partial charge on any atom is 0.147 e. The zero-order chi connectivity index (χ0) is 9.97. The fourth-order valence-corrected chi connectivity index (χ4v) is 1.60. The fourth-order valence-electron chi connectivity index (χ4n) is 1.60. The van der Waals surface area contributed by atoms with E-state index in [0.29, 0.717) is 5.92 Å². The molecule has 4 nitrogen and oxygen atoms in total. The first-order valence-electron chi connectivity index (χ1n) is 5.44. The molecule has 1 aromatic heterocycles. The number of hydrogen-bond acceptors (Lipinski definition) is 3. The van der Waals surface area contributed by atoms with Crippen LogP contribution in [0.15, 0.2) is 6.20 Å². The van der Waals surface area contributed by atoms with Gasteiger partial charge in [-0.1, -0.05) is 25.5 Å². The van der Waals surface area contributed by atoms with Gasteiger partial charge in [-0.2, -0.15) is 0 Å². The third-order valence-corrected chi connectivity index (χ3v) is 2.96. The average Bonchev–Trinajstić information content (AvgIpc) is 2.50. The number of rotatable bonds is 4. The van der Waals surface area contributed by atoms with Gasteiger partial charge in [-0.3, -0.25) is 0 Å². The largest absolute Gasteiger partial charge is 0.355 e. The molecule has 1 unspecified atom stereocenters. The molecule has 0 aromatic carbocycles. The minimum atomic E-state index is 0.678. The van der Waals surface area contributed by atoms with Gasteiger partial charge in [0.05, 0.1) is 6.20 Å². The highest BCUT2D eigenvalue weighted by atomic mass is 15.5. The molecule has 2 heterocycles. The van der Waals surface area contributed by atoms with E-state index in [9.17, 15) is 0 Å². The SMILES string of the molecule is CCC(C)Cn1nncc1N1CCC1. The molecule has 1 atom stereocenters. The van der Waals surface area contributed by atoms with Crippen molar-refractivity contribution in [3.05, 3.63) is 6.20 Å². The lowest BCUT2D eigenvalue weighted by Gasteiger charge is -2.32. The summed E-state index contributed by atoms with van der Waals surface area (Å²) in [6, 6.07) is 0. The Morgan fingerprint density at radius 3 is 2.86 bits per heavy atom. The Balaban J connectivity index is 2.05. The van der Waals surface area contributed by atoms with Crippen LogP contribution in [0.5, 0.6) is 0 Å². The zero-order valence-corrected chi connectivity index (χ0v) is 8.98. The van der Waals surface area contributed by atoms with E-state index in [2.05, 4.69) is 29.1 Å². The third-order valence-electron chi connectivity index (χ3n) is 2.96. The van der Waals surface area contributed by atoms with Crippen LogP contribution in [0.1, 0.15) is 26.7 Å². The molecule has 1 fully saturated rings. The normalized spacial score (nSPS) is 18.0. The predicted molar refractivity (Wildman–Crippen MR) is 56.3 cm³/mol. The van der Waals surface area contributed by atoms with E-state index in [1.807, 2.05) is 10.9 Å². The van der Waals surface area contributed by atoms with Gasteiger partial charge in [0.1, 0.15) is 5.82 Å². The average molecular weight is 194 g/mol. The Kier molecular flexibility index (Phi) is 2.70. The second kappa shape index (κ2) is 3.98. The van der Waals surface area contributed by atoms with Gasteiger partial charge < -0.3 is 4.90 Å². The smallest absolute Gasteiger partial charge is 0.147 e. The van der Waals surface area contributed by atoms with Crippen molar-refractivity contribution in [3.63, 3.8) is 0 Å². The zero-order valence-electron chi connectivity index (χ0n) is 8.98. The molecule has 0 spiro atoms. The summed E-state index contributed by atoms with van der Waals surface area (Å²) in [6.45, 7) is 7.77. The fraction of sp³-hybridized carbons (Fsp3) is 0.800. The molecule has 0 radical (unpaired) electrons. The number of aromatic nitrogens is 3. The molecule has 1 saturated heterocycles. The number of nitrogens with zero attached hydrogens (tertiary/aromatic N) is 4. The van der Waals surface area contributed by atoms with Gasteiger partial charge in [0.2, 0.25) is 0 Å². The van der Waals surface area contributed by atoms with E-state index < -0.39 is 0 Å². The van der Waals surface area contributed by atoms with Crippen LogP contribution in [0.25, 0.3) is 0 Å². The maximum atomic E-state index is 4.13. The highest BCUT2D eigenvalue weighted by Gasteiger charge is 2.19. The summed E-state index contributed by atoms with van der Waals surface area (Å²) in [5, 5.41) is 8.12. The number of hydrogen-bond donors (Lipinski definition) is 0. The quantitative estimate of drug-likeness (QED) is 0.729. The number of anilines is 1. The molecule has 0 N–H and O–H groups in total. The Hall–Kier alpha value is -1.06. The monoisotopic (exact) mass is 194 g/mol. The van der Waals surface area contributed by atoms with Gasteiger partial charge >= 0.3 is 0 Å². The summed E-state index contributed by atoms with van der Waals surface area (Å²) in [4.78, 5) is 2.34. The molecular weight excluding hydrogens is 176 g/mol. The lowest BCUT2D eigenvalue weighted by Crippen LogP contribution is -2.38. The highest BCUT2D eigenvalue weighted by Crippen LogP contribution is 2.20. The summed E-state index contributed by atoms with van der Waals surface area (Å²) >= 11 is 0. The molecule has 1 aliphatic rings. The molecular formula is C10H18N4. The van der Waals surface area contributed by atoms with E-state index in [1.54, 1.807) is 0 Å². The first-order valence-corrected chi connectivity index (χ1v) is 5.44. The van der Waals surface area contributed by atoms with Crippen LogP contribution in [0.4, 0.5) is 5.82 Å². The van der Waals surface area contributed by atoms with E-state index in [-0.39, 0.29) is 0 Å². The van der Waals surface area contributed by atoms with Gasteiger partial charge in [-0.15, -0.1) is 5.10 Å². The first-order chi connectivity index (χ1) is 6.81. The van der Waals surface area contributed by atoms with Gasteiger partial charge in [-0.05, 0) is 12.3 Å². The van der Waals surface area contributed by atoms with Crippen molar-refractivity contribution < 1.29 is 0 Å². The van der Waals surface area contributed by atoms with Gasteiger partial charge in [0, 0.05) is 19.6 Å². The van der Waals surface area contributed by atoms with Crippen molar-refractivity contribution in [2.75, 3.05) is 18.0 Å². The summed E-state index contributed by atoms with van der Waals surface area (Å²) in [7, 11) is 0. The van der Waals surface area contributed by atoms with Crippen molar-refractivity contribution >= 4 is 5.82 Å². The molecule has 0 bridgehead atoms. The second-order valence-electron chi connectivity index (χ2n) is 4.13. The molecule has 14 heavy (non-hydrogen) atoms. The van der Waals surface area contributed by atoms with Crippen LogP contribution >= 0.6 is 0 Å². The third kappa shape index (κ3) is 1.74. The predicted octanol–water partition coefficient (Wildman–Crippen LogP) is 1.53. The van der Waals surface area contributed by atoms with Gasteiger partial charge in [0.25, 0.3) is 0 Å². The molecule has 0 amide bonds. The van der Waals surface area contributed by atoms with Crippen molar-refractivity contribution in [1.82, 2.24) is 15.0 Å². The lowest BCUT2D eigenvalue weighted by atomic mass is 10.1. The molecule has 78 valence electrons. The summed E-state index contributed by atoms with van der Waals surface area (Å²) in [5.74, 6) is 1.87. The van der Waals surface area contributed by atoms with Crippen molar-refractivity contribution in [2.24, 2.45) is 5.92 Å².